The molecule has 1 aromatic carbocycles. The SMILES string of the molecule is O=C(O)N1CCN(c2ccc3nc(-c4ccc(O)c(F)c4)cc(=O)n3c2)CC1. The Morgan fingerprint density at radius 2 is 1.82 bits per heavy atom. The molecule has 0 atom stereocenters. The van der Waals surface area contributed by atoms with Crippen LogP contribution in [0.3, 0.4) is 0 Å². The molecule has 0 radical (unpaired) electrons. The lowest BCUT2D eigenvalue weighted by molar-refractivity contribution is 0.142. The molecule has 1 aliphatic heterocycles. The number of fused-ring (bicyclic) bond motifs is 1. The molecule has 3 aromatic rings. The highest BCUT2D eigenvalue weighted by Crippen LogP contribution is 2.24. The summed E-state index contributed by atoms with van der Waals surface area (Å²) in [5, 5.41) is 18.4. The summed E-state index contributed by atoms with van der Waals surface area (Å²) < 4.78 is 15.0. The number of hydrogen-bond acceptors (Lipinski definition) is 5. The van der Waals surface area contributed by atoms with Crippen LogP contribution in [0.5, 0.6) is 5.75 Å². The predicted molar refractivity (Wildman–Crippen MR) is 100 cm³/mol. The van der Waals surface area contributed by atoms with E-state index in [0.29, 0.717) is 43.1 Å². The molecule has 0 aliphatic carbocycles. The van der Waals surface area contributed by atoms with Gasteiger partial charge in [0.15, 0.2) is 11.6 Å². The lowest BCUT2D eigenvalue weighted by atomic mass is 10.1. The van der Waals surface area contributed by atoms with E-state index in [0.717, 1.165) is 11.8 Å². The van der Waals surface area contributed by atoms with Crippen LogP contribution in [0.15, 0.2) is 47.4 Å². The Labute approximate surface area is 158 Å². The van der Waals surface area contributed by atoms with Crippen LogP contribution >= 0.6 is 0 Å². The van der Waals surface area contributed by atoms with Crippen LogP contribution in [0.2, 0.25) is 0 Å². The number of rotatable bonds is 2. The van der Waals surface area contributed by atoms with E-state index in [-0.39, 0.29) is 5.56 Å². The first-order chi connectivity index (χ1) is 13.4. The third kappa shape index (κ3) is 3.22. The third-order valence-corrected chi connectivity index (χ3v) is 4.80. The largest absolute Gasteiger partial charge is 0.505 e. The molecule has 1 aliphatic rings. The maximum absolute atomic E-state index is 13.6. The Hall–Kier alpha value is -3.62. The van der Waals surface area contributed by atoms with Crippen molar-refractivity contribution in [3.63, 3.8) is 0 Å². The molecule has 0 spiro atoms. The monoisotopic (exact) mass is 384 g/mol. The number of amides is 1. The van der Waals surface area contributed by atoms with Crippen molar-refractivity contribution < 1.29 is 19.4 Å². The number of carbonyl (C=O) groups is 1. The fourth-order valence-electron chi connectivity index (χ4n) is 3.25. The number of benzene rings is 1. The number of carboxylic acid groups (broad SMARTS) is 1. The summed E-state index contributed by atoms with van der Waals surface area (Å²) in [6.45, 7) is 1.85. The summed E-state index contributed by atoms with van der Waals surface area (Å²) >= 11 is 0. The molecule has 144 valence electrons. The molecular weight excluding hydrogens is 367 g/mol. The molecule has 2 aromatic heterocycles. The Bertz CT molecular complexity index is 1120. The number of aromatic nitrogens is 2. The molecule has 3 heterocycles. The highest BCUT2D eigenvalue weighted by atomic mass is 19.1. The first-order valence-corrected chi connectivity index (χ1v) is 8.67. The average molecular weight is 384 g/mol. The van der Waals surface area contributed by atoms with Crippen molar-refractivity contribution >= 4 is 17.4 Å². The van der Waals surface area contributed by atoms with Gasteiger partial charge in [-0.15, -0.1) is 0 Å². The van der Waals surface area contributed by atoms with Crippen molar-refractivity contribution in [3.8, 4) is 17.0 Å². The Balaban J connectivity index is 1.66. The van der Waals surface area contributed by atoms with Crippen LogP contribution < -0.4 is 10.5 Å². The number of anilines is 1. The lowest BCUT2D eigenvalue weighted by Gasteiger charge is -2.34. The van der Waals surface area contributed by atoms with Crippen molar-refractivity contribution in [1.82, 2.24) is 14.3 Å². The van der Waals surface area contributed by atoms with E-state index in [2.05, 4.69) is 4.98 Å². The Morgan fingerprint density at radius 1 is 1.07 bits per heavy atom. The minimum absolute atomic E-state index is 0.312. The average Bonchev–Trinajstić information content (AvgIpc) is 2.70. The molecule has 9 heteroatoms. The van der Waals surface area contributed by atoms with E-state index in [4.69, 9.17) is 5.11 Å². The first kappa shape index (κ1) is 17.8. The van der Waals surface area contributed by atoms with Gasteiger partial charge in [-0.25, -0.2) is 14.2 Å². The first-order valence-electron chi connectivity index (χ1n) is 8.67. The van der Waals surface area contributed by atoms with Crippen LogP contribution in [0.25, 0.3) is 16.9 Å². The summed E-state index contributed by atoms with van der Waals surface area (Å²) in [6, 6.07) is 8.66. The van der Waals surface area contributed by atoms with Gasteiger partial charge in [0.25, 0.3) is 5.56 Å². The second-order valence-electron chi connectivity index (χ2n) is 6.52. The quantitative estimate of drug-likeness (QED) is 0.701. The van der Waals surface area contributed by atoms with E-state index >= 15 is 0 Å². The van der Waals surface area contributed by atoms with Crippen LogP contribution in [0.4, 0.5) is 14.9 Å². The number of hydrogen-bond donors (Lipinski definition) is 2. The Morgan fingerprint density at radius 3 is 2.50 bits per heavy atom. The molecule has 8 nitrogen and oxygen atoms in total. The molecule has 28 heavy (non-hydrogen) atoms. The zero-order valence-corrected chi connectivity index (χ0v) is 14.7. The number of halogens is 1. The van der Waals surface area contributed by atoms with Crippen molar-refractivity contribution in [3.05, 3.63) is 58.8 Å². The molecule has 1 fully saturated rings. The van der Waals surface area contributed by atoms with Gasteiger partial charge in [0.05, 0.1) is 11.4 Å². The maximum Gasteiger partial charge on any atom is 0.407 e. The second-order valence-corrected chi connectivity index (χ2v) is 6.52. The van der Waals surface area contributed by atoms with E-state index in [1.54, 1.807) is 12.3 Å². The molecule has 0 saturated carbocycles. The molecule has 4 rings (SSSR count). The zero-order chi connectivity index (χ0) is 19.8. The normalized spacial score (nSPS) is 14.5. The summed E-state index contributed by atoms with van der Waals surface area (Å²) in [5.74, 6) is -1.25. The van der Waals surface area contributed by atoms with Crippen LogP contribution in [-0.2, 0) is 0 Å². The Kier molecular flexibility index (Phi) is 4.34. The van der Waals surface area contributed by atoms with E-state index in [9.17, 15) is 19.1 Å². The smallest absolute Gasteiger partial charge is 0.407 e. The molecule has 1 amide bonds. The third-order valence-electron chi connectivity index (χ3n) is 4.80. The van der Waals surface area contributed by atoms with Crippen molar-refractivity contribution in [1.29, 1.82) is 0 Å². The van der Waals surface area contributed by atoms with Crippen molar-refractivity contribution in [2.24, 2.45) is 0 Å². The van der Waals surface area contributed by atoms with Crippen molar-refractivity contribution in [2.45, 2.75) is 0 Å². The number of nitrogens with zero attached hydrogens (tertiary/aromatic N) is 4. The van der Waals surface area contributed by atoms with E-state index in [1.807, 2.05) is 11.0 Å². The van der Waals surface area contributed by atoms with Gasteiger partial charge in [-0.1, -0.05) is 0 Å². The summed E-state index contributed by atoms with van der Waals surface area (Å²) in [6.07, 6.45) is 0.735. The minimum atomic E-state index is -0.934. The zero-order valence-electron chi connectivity index (χ0n) is 14.7. The standard InChI is InChI=1S/C19H17FN4O4/c20-14-9-12(1-3-16(14)25)15-10-18(26)24-11-13(2-4-17(24)21-15)22-5-7-23(8-6-22)19(27)28/h1-4,9-11,25H,5-8H2,(H,27,28). The fourth-order valence-corrected chi connectivity index (χ4v) is 3.25. The van der Waals surface area contributed by atoms with E-state index in [1.165, 1.54) is 27.5 Å². The van der Waals surface area contributed by atoms with Crippen LogP contribution in [-0.4, -0.2) is 56.8 Å². The maximum atomic E-state index is 13.6. The number of aromatic hydroxyl groups is 1. The predicted octanol–water partition coefficient (Wildman–Crippen LogP) is 2.01. The molecule has 1 saturated heterocycles. The lowest BCUT2D eigenvalue weighted by Crippen LogP contribution is -2.48. The summed E-state index contributed by atoms with van der Waals surface area (Å²) in [4.78, 5) is 31.4. The highest BCUT2D eigenvalue weighted by molar-refractivity contribution is 5.66. The number of phenols is 1. The molecule has 0 unspecified atom stereocenters. The van der Waals surface area contributed by atoms with Gasteiger partial charge in [-0.3, -0.25) is 9.20 Å². The number of piperazine rings is 1. The topological polar surface area (TPSA) is 98.4 Å². The molecule has 0 bridgehead atoms. The second kappa shape index (κ2) is 6.84. The van der Waals surface area contributed by atoms with Crippen molar-refractivity contribution in [2.75, 3.05) is 31.1 Å². The van der Waals surface area contributed by atoms with Gasteiger partial charge < -0.3 is 20.0 Å². The van der Waals surface area contributed by atoms with Gasteiger partial charge in [0.2, 0.25) is 0 Å². The molecular formula is C19H17FN4O4. The van der Waals surface area contributed by atoms with Gasteiger partial charge in [-0.2, -0.15) is 0 Å². The van der Waals surface area contributed by atoms with Crippen LogP contribution in [0.1, 0.15) is 0 Å². The highest BCUT2D eigenvalue weighted by Gasteiger charge is 2.21. The van der Waals surface area contributed by atoms with Crippen LogP contribution in [0, 0.1) is 5.82 Å². The fraction of sp³-hybridized carbons (Fsp3) is 0.211. The minimum Gasteiger partial charge on any atom is -0.505 e. The van der Waals surface area contributed by atoms with Gasteiger partial charge in [0, 0.05) is 44.0 Å². The number of pyridine rings is 1. The number of phenolic OH excluding ortho intramolecular Hbond substituents is 1. The van der Waals surface area contributed by atoms with Gasteiger partial charge >= 0.3 is 6.09 Å². The van der Waals surface area contributed by atoms with Gasteiger partial charge in [-0.05, 0) is 30.3 Å². The van der Waals surface area contributed by atoms with Gasteiger partial charge in [0.1, 0.15) is 5.65 Å². The molecule has 2 N–H and O–H groups in total. The summed E-state index contributed by atoms with van der Waals surface area (Å²) in [5.41, 5.74) is 1.59. The van der Waals surface area contributed by atoms with E-state index < -0.39 is 17.7 Å². The summed E-state index contributed by atoms with van der Waals surface area (Å²) in [7, 11) is 0.